The topological polar surface area (TPSA) is 104 Å². The van der Waals surface area contributed by atoms with Crippen molar-refractivity contribution in [3.05, 3.63) is 39.9 Å². The first-order valence-electron chi connectivity index (χ1n) is 6.64. The van der Waals surface area contributed by atoms with Gasteiger partial charge in [-0.1, -0.05) is 12.1 Å². The molecule has 0 fully saturated rings. The zero-order valence-corrected chi connectivity index (χ0v) is 13.6. The molecule has 1 aromatic rings. The van der Waals surface area contributed by atoms with E-state index in [0.717, 1.165) is 0 Å². The van der Waals surface area contributed by atoms with Crippen molar-refractivity contribution in [3.8, 4) is 0 Å². The maximum Gasteiger partial charge on any atom is 0.321 e. The highest BCUT2D eigenvalue weighted by Gasteiger charge is 2.22. The van der Waals surface area contributed by atoms with Crippen molar-refractivity contribution in [2.75, 3.05) is 11.5 Å². The molecule has 7 nitrogen and oxygen atoms in total. The van der Waals surface area contributed by atoms with Gasteiger partial charge in [0, 0.05) is 12.1 Å². The zero-order chi connectivity index (χ0) is 17.0. The predicted molar refractivity (Wildman–Crippen MR) is 81.3 cm³/mol. The first-order valence-corrected chi connectivity index (χ1v) is 8.46. The smallest absolute Gasteiger partial charge is 0.321 e. The minimum atomic E-state index is -3.63. The van der Waals surface area contributed by atoms with E-state index in [0.29, 0.717) is 5.56 Å². The van der Waals surface area contributed by atoms with Gasteiger partial charge in [-0.2, -0.15) is 0 Å². The zero-order valence-electron chi connectivity index (χ0n) is 12.7. The number of hydrogen-bond donors (Lipinski definition) is 0. The molecule has 0 saturated heterocycles. The van der Waals surface area contributed by atoms with Gasteiger partial charge in [-0.3, -0.25) is 14.9 Å². The van der Waals surface area contributed by atoms with Crippen molar-refractivity contribution in [2.24, 2.45) is 0 Å². The molecule has 0 aliphatic heterocycles. The first-order chi connectivity index (χ1) is 9.98. The molecule has 0 saturated carbocycles. The van der Waals surface area contributed by atoms with E-state index in [2.05, 4.69) is 0 Å². The molecule has 0 atom stereocenters. The molecule has 122 valence electrons. The maximum atomic E-state index is 11.9. The van der Waals surface area contributed by atoms with Gasteiger partial charge in [-0.25, -0.2) is 8.42 Å². The van der Waals surface area contributed by atoms with Crippen LogP contribution >= 0.6 is 0 Å². The van der Waals surface area contributed by atoms with Crippen LogP contribution in [-0.2, 0) is 25.8 Å². The fraction of sp³-hybridized carbons (Fsp3) is 0.500. The molecule has 0 unspecified atom stereocenters. The number of nitro benzene ring substituents is 1. The van der Waals surface area contributed by atoms with E-state index in [1.165, 1.54) is 18.2 Å². The molecule has 8 heteroatoms. The van der Waals surface area contributed by atoms with E-state index in [4.69, 9.17) is 4.74 Å². The number of non-ortho nitro benzene ring substituents is 1. The fourth-order valence-corrected chi connectivity index (χ4v) is 2.83. The summed E-state index contributed by atoms with van der Waals surface area (Å²) in [6.07, 6.45) is 0.104. The van der Waals surface area contributed by atoms with Crippen molar-refractivity contribution in [1.82, 2.24) is 0 Å². The number of aryl methyl sites for hydroxylation is 1. The number of carbonyl (C=O) groups is 1. The third-order valence-electron chi connectivity index (χ3n) is 2.58. The number of sulfone groups is 1. The molecule has 0 heterocycles. The quantitative estimate of drug-likeness (QED) is 0.448. The van der Waals surface area contributed by atoms with Crippen LogP contribution in [0, 0.1) is 10.1 Å². The van der Waals surface area contributed by atoms with Crippen LogP contribution in [0.4, 0.5) is 5.69 Å². The van der Waals surface area contributed by atoms with Crippen LogP contribution in [0.2, 0.25) is 0 Å². The highest BCUT2D eigenvalue weighted by Crippen LogP contribution is 2.14. The van der Waals surface area contributed by atoms with E-state index in [9.17, 15) is 23.3 Å². The lowest BCUT2D eigenvalue weighted by Crippen LogP contribution is -2.29. The van der Waals surface area contributed by atoms with Gasteiger partial charge in [-0.15, -0.1) is 0 Å². The van der Waals surface area contributed by atoms with Crippen LogP contribution < -0.4 is 0 Å². The van der Waals surface area contributed by atoms with Gasteiger partial charge in [0.2, 0.25) is 0 Å². The number of rotatable bonds is 6. The van der Waals surface area contributed by atoms with Crippen molar-refractivity contribution in [1.29, 1.82) is 0 Å². The number of nitro groups is 1. The summed E-state index contributed by atoms with van der Waals surface area (Å²) < 4.78 is 28.7. The van der Waals surface area contributed by atoms with Gasteiger partial charge in [0.1, 0.15) is 11.4 Å². The summed E-state index contributed by atoms with van der Waals surface area (Å²) in [6.45, 7) is 4.96. The summed E-state index contributed by atoms with van der Waals surface area (Å²) in [4.78, 5) is 21.7. The van der Waals surface area contributed by atoms with Gasteiger partial charge in [0.15, 0.2) is 9.84 Å². The molecule has 0 aliphatic carbocycles. The lowest BCUT2D eigenvalue weighted by molar-refractivity contribution is -0.384. The van der Waals surface area contributed by atoms with Gasteiger partial charge in [0.25, 0.3) is 5.69 Å². The Morgan fingerprint density at radius 3 is 2.50 bits per heavy atom. The van der Waals surface area contributed by atoms with Crippen molar-refractivity contribution in [2.45, 2.75) is 32.8 Å². The monoisotopic (exact) mass is 329 g/mol. The van der Waals surface area contributed by atoms with E-state index in [1.807, 2.05) is 0 Å². The van der Waals surface area contributed by atoms with E-state index < -0.39 is 32.1 Å². The molecular formula is C14H19NO6S. The number of hydrogen-bond acceptors (Lipinski definition) is 6. The molecule has 0 aromatic heterocycles. The van der Waals surface area contributed by atoms with Gasteiger partial charge >= 0.3 is 5.97 Å². The second-order valence-electron chi connectivity index (χ2n) is 5.86. The first kappa shape index (κ1) is 18.1. The number of nitrogens with zero attached hydrogens (tertiary/aromatic N) is 1. The largest absolute Gasteiger partial charge is 0.459 e. The SMILES string of the molecule is CC(C)(C)OC(=O)CS(=O)(=O)CCc1cccc([N+](=O)[O-])c1. The van der Waals surface area contributed by atoms with Crippen LogP contribution in [-0.4, -0.2) is 36.4 Å². The Kier molecular flexibility index (Phi) is 5.65. The molecule has 22 heavy (non-hydrogen) atoms. The summed E-state index contributed by atoms with van der Waals surface area (Å²) in [5.74, 6) is -1.77. The Bertz CT molecular complexity index is 660. The lowest BCUT2D eigenvalue weighted by Gasteiger charge is -2.19. The molecule has 1 rings (SSSR count). The van der Waals surface area contributed by atoms with Crippen LogP contribution in [0.1, 0.15) is 26.3 Å². The molecule has 0 spiro atoms. The molecule has 0 amide bonds. The Labute approximate surface area is 129 Å². The predicted octanol–water partition coefficient (Wildman–Crippen LogP) is 1.89. The standard InChI is InChI=1S/C14H19NO6S/c1-14(2,3)21-13(16)10-22(19,20)8-7-11-5-4-6-12(9-11)15(17)18/h4-6,9H,7-8,10H2,1-3H3. The molecule has 0 radical (unpaired) electrons. The maximum absolute atomic E-state index is 11.9. The fourth-order valence-electron chi connectivity index (χ4n) is 1.72. The van der Waals surface area contributed by atoms with E-state index in [1.54, 1.807) is 26.8 Å². The molecular weight excluding hydrogens is 310 g/mol. The molecule has 0 N–H and O–H groups in total. The van der Waals surface area contributed by atoms with E-state index >= 15 is 0 Å². The number of esters is 1. The van der Waals surface area contributed by atoms with Crippen molar-refractivity contribution in [3.63, 3.8) is 0 Å². The molecule has 0 aliphatic rings. The molecule has 1 aromatic carbocycles. The highest BCUT2D eigenvalue weighted by atomic mass is 32.2. The molecule has 0 bridgehead atoms. The van der Waals surface area contributed by atoms with Crippen LogP contribution in [0.15, 0.2) is 24.3 Å². The van der Waals surface area contributed by atoms with Crippen molar-refractivity contribution < 1.29 is 22.9 Å². The lowest BCUT2D eigenvalue weighted by atomic mass is 10.1. The Morgan fingerprint density at radius 1 is 1.32 bits per heavy atom. The second kappa shape index (κ2) is 6.87. The summed E-state index contributed by atoms with van der Waals surface area (Å²) in [5.41, 5.74) is -0.309. The summed E-state index contributed by atoms with van der Waals surface area (Å²) in [7, 11) is -3.63. The summed E-state index contributed by atoms with van der Waals surface area (Å²) in [5, 5.41) is 10.7. The summed E-state index contributed by atoms with van der Waals surface area (Å²) in [6, 6.07) is 5.76. The third-order valence-corrected chi connectivity index (χ3v) is 4.08. The van der Waals surface area contributed by atoms with E-state index in [-0.39, 0.29) is 17.9 Å². The minimum Gasteiger partial charge on any atom is -0.459 e. The summed E-state index contributed by atoms with van der Waals surface area (Å²) >= 11 is 0. The van der Waals surface area contributed by atoms with Crippen LogP contribution in [0.25, 0.3) is 0 Å². The van der Waals surface area contributed by atoms with Crippen LogP contribution in [0.3, 0.4) is 0 Å². The number of benzene rings is 1. The second-order valence-corrected chi connectivity index (χ2v) is 8.04. The van der Waals surface area contributed by atoms with Gasteiger partial charge < -0.3 is 4.74 Å². The average molecular weight is 329 g/mol. The van der Waals surface area contributed by atoms with Crippen LogP contribution in [0.5, 0.6) is 0 Å². The third kappa shape index (κ3) is 6.66. The Hall–Kier alpha value is -1.96. The van der Waals surface area contributed by atoms with Gasteiger partial charge in [-0.05, 0) is 32.8 Å². The Balaban J connectivity index is 2.64. The number of carbonyl (C=O) groups excluding carboxylic acids is 1. The highest BCUT2D eigenvalue weighted by molar-refractivity contribution is 7.92. The number of ether oxygens (including phenoxy) is 1. The normalized spacial score (nSPS) is 12.0. The van der Waals surface area contributed by atoms with Gasteiger partial charge in [0.05, 0.1) is 10.7 Å². The minimum absolute atomic E-state index is 0.0953. The Morgan fingerprint density at radius 2 is 1.95 bits per heavy atom. The van der Waals surface area contributed by atoms with Crippen molar-refractivity contribution >= 4 is 21.5 Å². The average Bonchev–Trinajstić information content (AvgIpc) is 2.33.